The van der Waals surface area contributed by atoms with Crippen molar-refractivity contribution >= 4 is 9.05 Å². The summed E-state index contributed by atoms with van der Waals surface area (Å²) in [6, 6.07) is 0. The highest BCUT2D eigenvalue weighted by molar-refractivity contribution is 6.48. The summed E-state index contributed by atoms with van der Waals surface area (Å²) >= 11 is 0. The van der Waals surface area contributed by atoms with Crippen LogP contribution in [0.3, 0.4) is 0 Å². The van der Waals surface area contributed by atoms with E-state index in [4.69, 9.17) is 14.4 Å². The lowest BCUT2D eigenvalue weighted by atomic mass is 10.1. The molecule has 0 spiro atoms. The second-order valence-corrected chi connectivity index (χ2v) is 7.60. The molecule has 0 saturated carbocycles. The van der Waals surface area contributed by atoms with Crippen molar-refractivity contribution in [2.45, 2.75) is 79.1 Å². The Balaban J connectivity index is 0. The van der Waals surface area contributed by atoms with Crippen LogP contribution >= 0.6 is 0 Å². The first kappa shape index (κ1) is 25.2. The van der Waals surface area contributed by atoms with E-state index >= 15 is 0 Å². The van der Waals surface area contributed by atoms with Gasteiger partial charge in [0.25, 0.3) is 0 Å². The van der Waals surface area contributed by atoms with Gasteiger partial charge >= 0.3 is 9.05 Å². The number of quaternary nitrogens is 1. The van der Waals surface area contributed by atoms with Gasteiger partial charge in [-0.25, -0.2) is 0 Å². The summed E-state index contributed by atoms with van der Waals surface area (Å²) in [5.74, 6) is 0. The molecule has 0 rings (SSSR count). The van der Waals surface area contributed by atoms with Gasteiger partial charge in [-0.05, 0) is 25.7 Å². The van der Waals surface area contributed by atoms with E-state index in [1.54, 1.807) is 0 Å². The molecule has 0 radical (unpaired) electrons. The van der Waals surface area contributed by atoms with Crippen LogP contribution in [0.4, 0.5) is 4.53 Å². The number of halogens is 1. The number of nitrogens with zero attached hydrogens (tertiary/aromatic N) is 1. The van der Waals surface area contributed by atoms with Gasteiger partial charge in [-0.3, -0.25) is 0 Å². The van der Waals surface area contributed by atoms with Gasteiger partial charge in [0.15, 0.2) is 0 Å². The zero-order valence-electron chi connectivity index (χ0n) is 15.6. The highest BCUT2D eigenvalue weighted by atomic mass is 28.4. The maximum Gasteiger partial charge on any atom is 0.703 e. The first-order chi connectivity index (χ1) is 10.8. The lowest BCUT2D eigenvalue weighted by molar-refractivity contribution is -0.929. The van der Waals surface area contributed by atoms with Crippen molar-refractivity contribution in [3.8, 4) is 0 Å². The average molecular weight is 357 g/mol. The molecule has 0 aromatic rings. The van der Waals surface area contributed by atoms with Crippen molar-refractivity contribution in [2.75, 3.05) is 26.2 Å². The quantitative estimate of drug-likeness (QED) is 0.350. The minimum absolute atomic E-state index is 1.35. The molecule has 7 heteroatoms. The van der Waals surface area contributed by atoms with Gasteiger partial charge in [-0.1, -0.05) is 57.9 Å². The van der Waals surface area contributed by atoms with E-state index in [0.717, 1.165) is 0 Å². The third kappa shape index (κ3) is 16.6. The van der Waals surface area contributed by atoms with Crippen molar-refractivity contribution < 1.29 is 28.0 Å². The minimum Gasteiger partial charge on any atom is -0.366 e. The highest BCUT2D eigenvalue weighted by Gasteiger charge is 2.32. The number of rotatable bonds is 13. The van der Waals surface area contributed by atoms with Crippen molar-refractivity contribution in [3.63, 3.8) is 0 Å². The summed E-state index contributed by atoms with van der Waals surface area (Å²) in [6.45, 7) is 15.0. The van der Waals surface area contributed by atoms with Gasteiger partial charge in [0.05, 0.1) is 26.2 Å². The SMILES string of the molecule is CCCC[N+](CCCC)(CCCC)CCCC.O[Si](O)(O)OF. The molecule has 0 unspecified atom stereocenters. The van der Waals surface area contributed by atoms with Crippen LogP contribution in [-0.4, -0.2) is 54.1 Å². The van der Waals surface area contributed by atoms with Crippen molar-refractivity contribution in [2.24, 2.45) is 0 Å². The summed E-state index contributed by atoms with van der Waals surface area (Å²) in [6.07, 6.45) is 11.1. The van der Waals surface area contributed by atoms with Crippen molar-refractivity contribution in [1.29, 1.82) is 0 Å². The first-order valence-electron chi connectivity index (χ1n) is 9.12. The monoisotopic (exact) mass is 356 g/mol. The van der Waals surface area contributed by atoms with E-state index in [-0.39, 0.29) is 0 Å². The van der Waals surface area contributed by atoms with E-state index in [0.29, 0.717) is 0 Å². The third-order valence-corrected chi connectivity index (χ3v) is 4.25. The molecule has 5 nitrogen and oxygen atoms in total. The zero-order valence-corrected chi connectivity index (χ0v) is 16.6. The molecular weight excluding hydrogens is 317 g/mol. The Bertz CT molecular complexity index is 215. The van der Waals surface area contributed by atoms with E-state index in [1.807, 2.05) is 0 Å². The number of unbranched alkanes of at least 4 members (excludes halogenated alkanes) is 4. The van der Waals surface area contributed by atoms with Gasteiger partial charge in [-0.15, -0.1) is 0 Å². The Hall–Kier alpha value is -0.0531. The van der Waals surface area contributed by atoms with E-state index in [2.05, 4.69) is 32.3 Å². The largest absolute Gasteiger partial charge is 0.703 e. The van der Waals surface area contributed by atoms with Gasteiger partial charge in [0.1, 0.15) is 0 Å². The fraction of sp³-hybridized carbons (Fsp3) is 1.00. The lowest BCUT2D eigenvalue weighted by Gasteiger charge is -2.39. The second-order valence-electron chi connectivity index (χ2n) is 6.30. The van der Waals surface area contributed by atoms with Gasteiger partial charge < -0.3 is 18.9 Å². The van der Waals surface area contributed by atoms with Crippen LogP contribution in [0.5, 0.6) is 0 Å². The third-order valence-electron chi connectivity index (χ3n) is 4.05. The molecule has 3 N–H and O–H groups in total. The van der Waals surface area contributed by atoms with Crippen LogP contribution in [0, 0.1) is 0 Å². The number of hydrogen-bond acceptors (Lipinski definition) is 4. The van der Waals surface area contributed by atoms with Crippen LogP contribution in [0.2, 0.25) is 0 Å². The van der Waals surface area contributed by atoms with E-state index < -0.39 is 9.05 Å². The summed E-state index contributed by atoms with van der Waals surface area (Å²) in [4.78, 5) is 22.4. The Labute approximate surface area is 143 Å². The molecule has 0 aliphatic carbocycles. The van der Waals surface area contributed by atoms with Gasteiger partial charge in [0.2, 0.25) is 0 Å². The summed E-state index contributed by atoms with van der Waals surface area (Å²) in [5, 5.41) is 0. The molecule has 142 valence electrons. The topological polar surface area (TPSA) is 69.9 Å². The summed E-state index contributed by atoms with van der Waals surface area (Å²) in [5.41, 5.74) is 0. The first-order valence-corrected chi connectivity index (χ1v) is 10.9. The maximum absolute atomic E-state index is 10.3. The van der Waals surface area contributed by atoms with Crippen LogP contribution in [0.1, 0.15) is 79.1 Å². The normalized spacial score (nSPS) is 12.0. The second kappa shape index (κ2) is 15.5. The molecule has 0 heterocycles. The molecular formula is C16H39FNO4Si+. The van der Waals surface area contributed by atoms with Crippen molar-refractivity contribution in [3.05, 3.63) is 0 Å². The fourth-order valence-corrected chi connectivity index (χ4v) is 2.64. The van der Waals surface area contributed by atoms with E-state index in [1.165, 1.54) is 82.0 Å². The molecule has 0 aliphatic heterocycles. The maximum atomic E-state index is 10.3. The molecule has 0 amide bonds. The number of hydrogen-bond donors (Lipinski definition) is 3. The molecule has 0 bridgehead atoms. The Kier molecular flexibility index (Phi) is 16.9. The molecule has 0 aromatic heterocycles. The molecule has 0 aromatic carbocycles. The van der Waals surface area contributed by atoms with Crippen molar-refractivity contribution in [1.82, 2.24) is 0 Å². The Morgan fingerprint density at radius 2 is 0.913 bits per heavy atom. The molecule has 0 fully saturated rings. The van der Waals surface area contributed by atoms with Crippen LogP contribution in [-0.2, 0) is 4.63 Å². The Morgan fingerprint density at radius 1 is 0.696 bits per heavy atom. The van der Waals surface area contributed by atoms with Crippen LogP contribution < -0.4 is 0 Å². The summed E-state index contributed by atoms with van der Waals surface area (Å²) < 4.78 is 14.0. The fourth-order valence-electron chi connectivity index (χ4n) is 2.64. The van der Waals surface area contributed by atoms with Gasteiger partial charge in [-0.2, -0.15) is 4.63 Å². The predicted molar refractivity (Wildman–Crippen MR) is 94.0 cm³/mol. The van der Waals surface area contributed by atoms with Crippen LogP contribution in [0.25, 0.3) is 0 Å². The standard InChI is InChI=1S/C16H36N.FH3O4Si/c1-5-9-13-17(14-10-6-2,15-11-7-3)16-12-8-4;1-5-6(2,3)4/h5-16H2,1-4H3;2-4H/q+1;. The Morgan fingerprint density at radius 3 is 1.04 bits per heavy atom. The minimum atomic E-state index is -4.80. The lowest BCUT2D eigenvalue weighted by Crippen LogP contribution is -2.50. The smallest absolute Gasteiger partial charge is 0.366 e. The van der Waals surface area contributed by atoms with Gasteiger partial charge in [0, 0.05) is 0 Å². The molecule has 0 saturated heterocycles. The summed E-state index contributed by atoms with van der Waals surface area (Å²) in [7, 11) is -4.80. The highest BCUT2D eigenvalue weighted by Crippen LogP contribution is 2.16. The average Bonchev–Trinajstić information content (AvgIpc) is 2.53. The predicted octanol–water partition coefficient (Wildman–Crippen LogP) is 3.30. The van der Waals surface area contributed by atoms with E-state index in [9.17, 15) is 4.53 Å². The molecule has 0 aliphatic rings. The molecule has 23 heavy (non-hydrogen) atoms. The van der Waals surface area contributed by atoms with Crippen LogP contribution in [0.15, 0.2) is 0 Å². The molecule has 0 atom stereocenters. The zero-order chi connectivity index (χ0) is 18.2.